The number of halogens is 1. The number of ether oxygens (including phenoxy) is 1. The van der Waals surface area contributed by atoms with Gasteiger partial charge in [-0.05, 0) is 26.0 Å². The molecule has 0 radical (unpaired) electrons. The molecule has 1 aromatic carbocycles. The predicted octanol–water partition coefficient (Wildman–Crippen LogP) is 3.49. The topological polar surface area (TPSA) is 59.1 Å². The highest BCUT2D eigenvalue weighted by Crippen LogP contribution is 2.27. The minimum atomic E-state index is 0.533. The number of rotatable bonds is 6. The van der Waals surface area contributed by atoms with E-state index < -0.39 is 0 Å². The van der Waals surface area contributed by atoms with Gasteiger partial charge in [0.15, 0.2) is 0 Å². The molecule has 0 amide bonds. The Balaban J connectivity index is 2.16. The van der Waals surface area contributed by atoms with E-state index in [2.05, 4.69) is 20.6 Å². The van der Waals surface area contributed by atoms with Crippen LogP contribution in [0.1, 0.15) is 18.3 Å². The van der Waals surface area contributed by atoms with Crippen LogP contribution in [-0.2, 0) is 6.54 Å². The summed E-state index contributed by atoms with van der Waals surface area (Å²) < 4.78 is 5.33. The Morgan fingerprint density at radius 3 is 2.57 bits per heavy atom. The van der Waals surface area contributed by atoms with Crippen LogP contribution in [0.5, 0.6) is 5.75 Å². The van der Waals surface area contributed by atoms with Crippen molar-refractivity contribution in [2.45, 2.75) is 20.4 Å². The van der Waals surface area contributed by atoms with E-state index in [1.807, 2.05) is 38.1 Å². The highest BCUT2D eigenvalue weighted by molar-refractivity contribution is 6.31. The molecule has 1 heterocycles. The molecule has 2 aromatic rings. The van der Waals surface area contributed by atoms with E-state index in [0.29, 0.717) is 17.4 Å². The Morgan fingerprint density at radius 1 is 1.19 bits per heavy atom. The zero-order valence-corrected chi connectivity index (χ0v) is 13.2. The highest BCUT2D eigenvalue weighted by Gasteiger charge is 2.08. The molecule has 0 atom stereocenters. The van der Waals surface area contributed by atoms with Crippen molar-refractivity contribution in [1.82, 2.24) is 9.97 Å². The fourth-order valence-electron chi connectivity index (χ4n) is 2.01. The van der Waals surface area contributed by atoms with Gasteiger partial charge in [0, 0.05) is 29.7 Å². The van der Waals surface area contributed by atoms with E-state index in [1.54, 1.807) is 7.11 Å². The Kier molecular flexibility index (Phi) is 5.22. The van der Waals surface area contributed by atoms with Crippen molar-refractivity contribution in [3.8, 4) is 5.75 Å². The lowest BCUT2D eigenvalue weighted by atomic mass is 10.2. The Labute approximate surface area is 129 Å². The average molecular weight is 307 g/mol. The number of nitrogens with zero attached hydrogens (tertiary/aromatic N) is 2. The molecular weight excluding hydrogens is 288 g/mol. The average Bonchev–Trinajstić information content (AvgIpc) is 2.45. The molecule has 1 aromatic heterocycles. The Hall–Kier alpha value is -2.01. The second-order valence-corrected chi connectivity index (χ2v) is 4.90. The molecule has 0 fully saturated rings. The smallest absolute Gasteiger partial charge is 0.132 e. The molecule has 0 aliphatic carbocycles. The van der Waals surface area contributed by atoms with Gasteiger partial charge < -0.3 is 15.4 Å². The van der Waals surface area contributed by atoms with Gasteiger partial charge in [-0.15, -0.1) is 0 Å². The molecule has 6 heteroatoms. The predicted molar refractivity (Wildman–Crippen MR) is 86.3 cm³/mol. The van der Waals surface area contributed by atoms with Crippen molar-refractivity contribution in [2.75, 3.05) is 24.3 Å². The number of hydrogen-bond acceptors (Lipinski definition) is 5. The van der Waals surface area contributed by atoms with Crippen LogP contribution in [0.4, 0.5) is 11.6 Å². The van der Waals surface area contributed by atoms with Crippen LogP contribution >= 0.6 is 11.6 Å². The molecule has 0 bridgehead atoms. The lowest BCUT2D eigenvalue weighted by Crippen LogP contribution is -2.07. The maximum absolute atomic E-state index is 6.22. The summed E-state index contributed by atoms with van der Waals surface area (Å²) in [5, 5.41) is 7.11. The first kappa shape index (κ1) is 15.4. The lowest BCUT2D eigenvalue weighted by Gasteiger charge is -2.13. The minimum Gasteiger partial charge on any atom is -0.496 e. The molecule has 2 N–H and O–H groups in total. The Morgan fingerprint density at radius 2 is 1.90 bits per heavy atom. The third kappa shape index (κ3) is 3.98. The second-order valence-electron chi connectivity index (χ2n) is 4.49. The number of aromatic nitrogens is 2. The van der Waals surface area contributed by atoms with Gasteiger partial charge in [-0.1, -0.05) is 17.7 Å². The van der Waals surface area contributed by atoms with E-state index in [4.69, 9.17) is 16.3 Å². The first-order chi connectivity index (χ1) is 10.1. The van der Waals surface area contributed by atoms with Crippen LogP contribution in [0.3, 0.4) is 0 Å². The van der Waals surface area contributed by atoms with Gasteiger partial charge in [0.1, 0.15) is 23.2 Å². The molecule has 2 rings (SSSR count). The standard InChI is InChI=1S/C15H19ClN4O/c1-4-17-14-8-15(20-10(2)19-14)18-9-11-12(16)6-5-7-13(11)21-3/h5-8H,4,9H2,1-3H3,(H2,17,18,19,20). The normalized spacial score (nSPS) is 10.3. The first-order valence-electron chi connectivity index (χ1n) is 6.78. The summed E-state index contributed by atoms with van der Waals surface area (Å²) in [7, 11) is 1.63. The quantitative estimate of drug-likeness (QED) is 0.855. The number of benzene rings is 1. The minimum absolute atomic E-state index is 0.533. The van der Waals surface area contributed by atoms with Gasteiger partial charge in [0.25, 0.3) is 0 Å². The summed E-state index contributed by atoms with van der Waals surface area (Å²) in [6, 6.07) is 7.47. The molecule has 0 aliphatic heterocycles. The lowest BCUT2D eigenvalue weighted by molar-refractivity contribution is 0.410. The fourth-order valence-corrected chi connectivity index (χ4v) is 2.24. The third-order valence-electron chi connectivity index (χ3n) is 2.94. The number of aryl methyl sites for hydroxylation is 1. The van der Waals surface area contributed by atoms with Crippen molar-refractivity contribution in [2.24, 2.45) is 0 Å². The SMILES string of the molecule is CCNc1cc(NCc2c(Cl)cccc2OC)nc(C)n1. The van der Waals surface area contributed by atoms with Gasteiger partial charge in [-0.2, -0.15) is 0 Å². The molecule has 0 saturated carbocycles. The van der Waals surface area contributed by atoms with Crippen LogP contribution in [0, 0.1) is 6.92 Å². The van der Waals surface area contributed by atoms with Crippen molar-refractivity contribution in [3.05, 3.63) is 40.7 Å². The van der Waals surface area contributed by atoms with E-state index >= 15 is 0 Å². The third-order valence-corrected chi connectivity index (χ3v) is 3.29. The number of anilines is 2. The number of nitrogens with one attached hydrogen (secondary N) is 2. The molecule has 5 nitrogen and oxygen atoms in total. The maximum Gasteiger partial charge on any atom is 0.132 e. The van der Waals surface area contributed by atoms with Crippen LogP contribution in [0.25, 0.3) is 0 Å². The molecule has 21 heavy (non-hydrogen) atoms. The molecular formula is C15H19ClN4O. The summed E-state index contributed by atoms with van der Waals surface area (Å²) in [6.45, 7) is 5.24. The zero-order valence-electron chi connectivity index (χ0n) is 12.4. The van der Waals surface area contributed by atoms with Crippen molar-refractivity contribution < 1.29 is 4.74 Å². The molecule has 0 spiro atoms. The fraction of sp³-hybridized carbons (Fsp3) is 0.333. The monoisotopic (exact) mass is 306 g/mol. The summed E-state index contributed by atoms with van der Waals surface area (Å²) >= 11 is 6.22. The maximum atomic E-state index is 6.22. The summed E-state index contributed by atoms with van der Waals surface area (Å²) in [6.07, 6.45) is 0. The summed E-state index contributed by atoms with van der Waals surface area (Å²) in [5.74, 6) is 3.02. The molecule has 0 aliphatic rings. The number of methoxy groups -OCH3 is 1. The van der Waals surface area contributed by atoms with Gasteiger partial charge in [-0.25, -0.2) is 9.97 Å². The van der Waals surface area contributed by atoms with Crippen LogP contribution < -0.4 is 15.4 Å². The van der Waals surface area contributed by atoms with Crippen LogP contribution in [0.2, 0.25) is 5.02 Å². The summed E-state index contributed by atoms with van der Waals surface area (Å²) in [5.41, 5.74) is 0.905. The van der Waals surface area contributed by atoms with Crippen molar-refractivity contribution in [3.63, 3.8) is 0 Å². The van der Waals surface area contributed by atoms with E-state index in [-0.39, 0.29) is 0 Å². The van der Waals surface area contributed by atoms with Gasteiger partial charge in [0.2, 0.25) is 0 Å². The van der Waals surface area contributed by atoms with Crippen LogP contribution in [0.15, 0.2) is 24.3 Å². The van der Waals surface area contributed by atoms with Crippen molar-refractivity contribution >= 4 is 23.2 Å². The van der Waals surface area contributed by atoms with E-state index in [0.717, 1.165) is 29.5 Å². The van der Waals surface area contributed by atoms with Gasteiger partial charge in [-0.3, -0.25) is 0 Å². The molecule has 0 unspecified atom stereocenters. The largest absolute Gasteiger partial charge is 0.496 e. The highest BCUT2D eigenvalue weighted by atomic mass is 35.5. The van der Waals surface area contributed by atoms with Crippen LogP contribution in [-0.4, -0.2) is 23.6 Å². The second kappa shape index (κ2) is 7.13. The van der Waals surface area contributed by atoms with E-state index in [9.17, 15) is 0 Å². The number of hydrogen-bond donors (Lipinski definition) is 2. The Bertz CT molecular complexity index is 619. The van der Waals surface area contributed by atoms with Gasteiger partial charge >= 0.3 is 0 Å². The van der Waals surface area contributed by atoms with Crippen molar-refractivity contribution in [1.29, 1.82) is 0 Å². The zero-order chi connectivity index (χ0) is 15.2. The molecule has 0 saturated heterocycles. The summed E-state index contributed by atoms with van der Waals surface area (Å²) in [4.78, 5) is 8.69. The first-order valence-corrected chi connectivity index (χ1v) is 7.16. The van der Waals surface area contributed by atoms with E-state index in [1.165, 1.54) is 0 Å². The molecule has 112 valence electrons. The van der Waals surface area contributed by atoms with Gasteiger partial charge in [0.05, 0.1) is 7.11 Å².